The molecule has 120 valence electrons. The van der Waals surface area contributed by atoms with Gasteiger partial charge in [0.2, 0.25) is 5.91 Å². The zero-order valence-corrected chi connectivity index (χ0v) is 12.2. The van der Waals surface area contributed by atoms with Crippen molar-refractivity contribution in [3.8, 4) is 0 Å². The van der Waals surface area contributed by atoms with Crippen LogP contribution in [0, 0.1) is 0 Å². The maximum absolute atomic E-state index is 12.2. The van der Waals surface area contributed by atoms with Gasteiger partial charge in [0.25, 0.3) is 5.91 Å². The first-order valence-electron chi connectivity index (χ1n) is 7.12. The van der Waals surface area contributed by atoms with Crippen molar-refractivity contribution in [2.75, 3.05) is 23.3 Å². The van der Waals surface area contributed by atoms with Crippen LogP contribution in [0.4, 0.5) is 11.5 Å². The number of aliphatic hydroxyl groups is 1. The molecule has 2 amide bonds. The summed E-state index contributed by atoms with van der Waals surface area (Å²) in [6.45, 7) is 1.01. The molecule has 8 heteroatoms. The molecule has 23 heavy (non-hydrogen) atoms. The van der Waals surface area contributed by atoms with Crippen LogP contribution < -0.4 is 16.0 Å². The van der Waals surface area contributed by atoms with Crippen LogP contribution in [-0.4, -0.2) is 41.1 Å². The molecule has 0 saturated carbocycles. The second kappa shape index (κ2) is 6.09. The van der Waals surface area contributed by atoms with Crippen LogP contribution in [-0.2, 0) is 0 Å². The highest BCUT2D eigenvalue weighted by Crippen LogP contribution is 2.28. The van der Waals surface area contributed by atoms with E-state index < -0.39 is 17.9 Å². The Morgan fingerprint density at radius 2 is 2.30 bits per heavy atom. The van der Waals surface area contributed by atoms with E-state index in [0.717, 1.165) is 0 Å². The molecule has 8 nitrogen and oxygen atoms in total. The Morgan fingerprint density at radius 3 is 2.91 bits per heavy atom. The van der Waals surface area contributed by atoms with Crippen molar-refractivity contribution in [3.63, 3.8) is 0 Å². The van der Waals surface area contributed by atoms with Gasteiger partial charge >= 0.3 is 0 Å². The van der Waals surface area contributed by atoms with E-state index in [0.29, 0.717) is 31.0 Å². The van der Waals surface area contributed by atoms with Crippen LogP contribution in [0.25, 0.3) is 0 Å². The highest BCUT2D eigenvalue weighted by atomic mass is 16.3. The average molecular weight is 316 g/mol. The fourth-order valence-electron chi connectivity index (χ4n) is 2.46. The SMILES string of the molecule is NC(=O)c1cnc(N2CCC(O)C2)c(NC(=O)c2ccco2)c1. The molecule has 2 aromatic heterocycles. The Morgan fingerprint density at radius 1 is 1.48 bits per heavy atom. The monoisotopic (exact) mass is 316 g/mol. The number of carbonyl (C=O) groups excluding carboxylic acids is 2. The van der Waals surface area contributed by atoms with E-state index >= 15 is 0 Å². The summed E-state index contributed by atoms with van der Waals surface area (Å²) in [5.41, 5.74) is 5.80. The van der Waals surface area contributed by atoms with Gasteiger partial charge in [-0.2, -0.15) is 0 Å². The average Bonchev–Trinajstić information content (AvgIpc) is 3.18. The van der Waals surface area contributed by atoms with Gasteiger partial charge in [-0.25, -0.2) is 4.98 Å². The number of primary amides is 1. The molecule has 1 aliphatic rings. The Kier molecular flexibility index (Phi) is 3.98. The molecule has 1 saturated heterocycles. The summed E-state index contributed by atoms with van der Waals surface area (Å²) >= 11 is 0. The van der Waals surface area contributed by atoms with Gasteiger partial charge in [-0.05, 0) is 24.6 Å². The molecule has 2 aromatic rings. The van der Waals surface area contributed by atoms with E-state index in [9.17, 15) is 14.7 Å². The van der Waals surface area contributed by atoms with Gasteiger partial charge in [0.1, 0.15) is 0 Å². The van der Waals surface area contributed by atoms with Gasteiger partial charge < -0.3 is 25.5 Å². The number of β-amino-alcohol motifs (C(OH)–C–C–N with tert-alkyl or cyclic N) is 1. The predicted molar refractivity (Wildman–Crippen MR) is 82.3 cm³/mol. The Balaban J connectivity index is 1.92. The number of rotatable bonds is 4. The van der Waals surface area contributed by atoms with Crippen molar-refractivity contribution >= 4 is 23.3 Å². The number of aliphatic hydroxyl groups excluding tert-OH is 1. The maximum atomic E-state index is 12.2. The van der Waals surface area contributed by atoms with Crippen LogP contribution in [0.1, 0.15) is 27.3 Å². The second-order valence-corrected chi connectivity index (χ2v) is 5.28. The third-order valence-electron chi connectivity index (χ3n) is 3.61. The van der Waals surface area contributed by atoms with E-state index in [1.165, 1.54) is 24.6 Å². The maximum Gasteiger partial charge on any atom is 0.291 e. The van der Waals surface area contributed by atoms with Crippen LogP contribution >= 0.6 is 0 Å². The van der Waals surface area contributed by atoms with E-state index in [2.05, 4.69) is 10.3 Å². The zero-order valence-electron chi connectivity index (χ0n) is 12.2. The fraction of sp³-hybridized carbons (Fsp3) is 0.267. The Labute approximate surface area is 131 Å². The lowest BCUT2D eigenvalue weighted by Crippen LogP contribution is -2.25. The first-order chi connectivity index (χ1) is 11.0. The van der Waals surface area contributed by atoms with Crippen molar-refractivity contribution < 1.29 is 19.1 Å². The number of anilines is 2. The number of nitrogens with one attached hydrogen (secondary N) is 1. The summed E-state index contributed by atoms with van der Waals surface area (Å²) in [4.78, 5) is 29.6. The quantitative estimate of drug-likeness (QED) is 0.759. The molecule has 1 fully saturated rings. The number of nitrogens with zero attached hydrogens (tertiary/aromatic N) is 2. The highest BCUT2D eigenvalue weighted by molar-refractivity contribution is 6.05. The standard InChI is InChI=1S/C15H16N4O4/c16-13(21)9-6-11(18-15(22)12-2-1-5-23-12)14(17-7-9)19-4-3-10(20)8-19/h1-2,5-7,10,20H,3-4,8H2,(H2,16,21)(H,18,22). The van der Waals surface area contributed by atoms with Crippen LogP contribution in [0.15, 0.2) is 35.1 Å². The van der Waals surface area contributed by atoms with Crippen molar-refractivity contribution in [3.05, 3.63) is 42.0 Å². The van der Waals surface area contributed by atoms with Gasteiger partial charge in [0.15, 0.2) is 11.6 Å². The van der Waals surface area contributed by atoms with E-state index in [1.54, 1.807) is 6.07 Å². The first-order valence-corrected chi connectivity index (χ1v) is 7.12. The number of aromatic nitrogens is 1. The lowest BCUT2D eigenvalue weighted by molar-refractivity contribution is 0.0988. The van der Waals surface area contributed by atoms with Gasteiger partial charge in [0, 0.05) is 19.3 Å². The second-order valence-electron chi connectivity index (χ2n) is 5.28. The number of hydrogen-bond donors (Lipinski definition) is 3. The van der Waals surface area contributed by atoms with Crippen molar-refractivity contribution in [2.45, 2.75) is 12.5 Å². The molecular weight excluding hydrogens is 300 g/mol. The Hall–Kier alpha value is -2.87. The zero-order chi connectivity index (χ0) is 16.4. The molecular formula is C15H16N4O4. The minimum Gasteiger partial charge on any atom is -0.459 e. The van der Waals surface area contributed by atoms with Gasteiger partial charge in [-0.15, -0.1) is 0 Å². The van der Waals surface area contributed by atoms with Gasteiger partial charge in [-0.3, -0.25) is 9.59 Å². The normalized spacial score (nSPS) is 17.3. The summed E-state index contributed by atoms with van der Waals surface area (Å²) in [6, 6.07) is 4.60. The summed E-state index contributed by atoms with van der Waals surface area (Å²) < 4.78 is 5.05. The van der Waals surface area contributed by atoms with Crippen LogP contribution in [0.3, 0.4) is 0 Å². The lowest BCUT2D eigenvalue weighted by atomic mass is 10.2. The van der Waals surface area contributed by atoms with E-state index in [1.807, 2.05) is 4.90 Å². The number of nitrogens with two attached hydrogens (primary N) is 1. The largest absolute Gasteiger partial charge is 0.459 e. The molecule has 0 aliphatic carbocycles. The smallest absolute Gasteiger partial charge is 0.291 e. The Bertz CT molecular complexity index is 729. The minimum absolute atomic E-state index is 0.141. The molecule has 1 atom stereocenters. The van der Waals surface area contributed by atoms with E-state index in [-0.39, 0.29) is 11.3 Å². The number of amides is 2. The first kappa shape index (κ1) is 15.0. The number of carbonyl (C=O) groups is 2. The molecule has 0 radical (unpaired) electrons. The molecule has 1 unspecified atom stereocenters. The van der Waals surface area contributed by atoms with E-state index in [4.69, 9.17) is 10.2 Å². The number of furan rings is 1. The number of hydrogen-bond acceptors (Lipinski definition) is 6. The van der Waals surface area contributed by atoms with Crippen molar-refractivity contribution in [1.82, 2.24) is 4.98 Å². The summed E-state index contributed by atoms with van der Waals surface area (Å²) in [5.74, 6) is -0.480. The summed E-state index contributed by atoms with van der Waals surface area (Å²) in [7, 11) is 0. The van der Waals surface area contributed by atoms with Crippen LogP contribution in [0.2, 0.25) is 0 Å². The molecule has 4 N–H and O–H groups in total. The van der Waals surface area contributed by atoms with Crippen LogP contribution in [0.5, 0.6) is 0 Å². The predicted octanol–water partition coefficient (Wildman–Crippen LogP) is 0.597. The third-order valence-corrected chi connectivity index (χ3v) is 3.61. The van der Waals surface area contributed by atoms with Gasteiger partial charge in [-0.1, -0.05) is 0 Å². The minimum atomic E-state index is -0.640. The van der Waals surface area contributed by atoms with Gasteiger partial charge in [0.05, 0.1) is 23.6 Å². The summed E-state index contributed by atoms with van der Waals surface area (Å²) in [5, 5.41) is 12.4. The topological polar surface area (TPSA) is 122 Å². The van der Waals surface area contributed by atoms with Crippen molar-refractivity contribution in [1.29, 1.82) is 0 Å². The van der Waals surface area contributed by atoms with Crippen molar-refractivity contribution in [2.24, 2.45) is 5.73 Å². The lowest BCUT2D eigenvalue weighted by Gasteiger charge is -2.20. The molecule has 0 spiro atoms. The molecule has 3 rings (SSSR count). The molecule has 0 aromatic carbocycles. The summed E-state index contributed by atoms with van der Waals surface area (Å²) in [6.07, 6.45) is 2.92. The third kappa shape index (κ3) is 3.16. The molecule has 0 bridgehead atoms. The molecule has 1 aliphatic heterocycles. The fourth-order valence-corrected chi connectivity index (χ4v) is 2.46. The number of pyridine rings is 1. The molecule has 3 heterocycles. The highest BCUT2D eigenvalue weighted by Gasteiger charge is 2.25.